The second-order valence-corrected chi connectivity index (χ2v) is 11.0. The lowest BCUT2D eigenvalue weighted by Crippen LogP contribution is -2.27. The van der Waals surface area contributed by atoms with Gasteiger partial charge < -0.3 is 14.0 Å². The summed E-state index contributed by atoms with van der Waals surface area (Å²) in [6, 6.07) is 44.4. The van der Waals surface area contributed by atoms with Gasteiger partial charge in [0.25, 0.3) is 0 Å². The van der Waals surface area contributed by atoms with Gasteiger partial charge in [-0.1, -0.05) is 78.9 Å². The molecule has 1 aliphatic carbocycles. The van der Waals surface area contributed by atoms with Crippen molar-refractivity contribution in [3.05, 3.63) is 151 Å². The summed E-state index contributed by atoms with van der Waals surface area (Å²) in [7, 11) is 0. The molecule has 194 valence electrons. The first-order valence-electron chi connectivity index (χ1n) is 14.3. The number of hydrogen-bond acceptors (Lipinski definition) is 1. The van der Waals surface area contributed by atoms with Crippen LogP contribution in [0.15, 0.2) is 146 Å². The van der Waals surface area contributed by atoms with Crippen LogP contribution in [0.25, 0.3) is 49.7 Å². The number of nitrogens with zero attached hydrogens (tertiary/aromatic N) is 3. The smallest absolute Gasteiger partial charge is 0.0633 e. The first-order valence-corrected chi connectivity index (χ1v) is 14.3. The highest BCUT2D eigenvalue weighted by molar-refractivity contribution is 6.19. The minimum absolute atomic E-state index is 0.305. The molecule has 2 aliphatic rings. The Morgan fingerprint density at radius 2 is 1.37 bits per heavy atom. The molecule has 1 aliphatic heterocycles. The Morgan fingerprint density at radius 1 is 0.610 bits per heavy atom. The van der Waals surface area contributed by atoms with E-state index in [2.05, 4.69) is 160 Å². The molecular formula is C38H27N3. The minimum atomic E-state index is 0.305. The van der Waals surface area contributed by atoms with Gasteiger partial charge in [0.15, 0.2) is 0 Å². The summed E-state index contributed by atoms with van der Waals surface area (Å²) in [5, 5.41) is 3.83. The van der Waals surface area contributed by atoms with Crippen LogP contribution in [0.5, 0.6) is 0 Å². The van der Waals surface area contributed by atoms with Crippen molar-refractivity contribution in [3.8, 4) is 11.4 Å². The van der Waals surface area contributed by atoms with Gasteiger partial charge in [-0.3, -0.25) is 0 Å². The molecule has 5 aromatic carbocycles. The fourth-order valence-corrected chi connectivity index (χ4v) is 7.07. The van der Waals surface area contributed by atoms with E-state index in [9.17, 15) is 0 Å². The molecule has 3 heterocycles. The maximum absolute atomic E-state index is 2.58. The van der Waals surface area contributed by atoms with E-state index in [0.29, 0.717) is 6.04 Å². The zero-order valence-corrected chi connectivity index (χ0v) is 22.5. The van der Waals surface area contributed by atoms with Crippen molar-refractivity contribution in [1.29, 1.82) is 0 Å². The fourth-order valence-electron chi connectivity index (χ4n) is 7.07. The van der Waals surface area contributed by atoms with Crippen LogP contribution in [0.4, 0.5) is 11.4 Å². The SMILES string of the molecule is C1=CCC2C(=C1)c1ccc3c(c1N2c1ccccc1)c1ccccc1n3-c1ccc2c(ccn2-c2ccccc2)c1. The zero-order valence-electron chi connectivity index (χ0n) is 22.5. The van der Waals surface area contributed by atoms with Crippen molar-refractivity contribution >= 4 is 49.7 Å². The van der Waals surface area contributed by atoms with Gasteiger partial charge in [-0.15, -0.1) is 0 Å². The number of benzene rings is 5. The largest absolute Gasteiger partial charge is 0.332 e. The predicted octanol–water partition coefficient (Wildman–Crippen LogP) is 9.59. The van der Waals surface area contributed by atoms with E-state index in [1.54, 1.807) is 0 Å². The highest BCUT2D eigenvalue weighted by Gasteiger charge is 2.37. The highest BCUT2D eigenvalue weighted by Crippen LogP contribution is 2.52. The summed E-state index contributed by atoms with van der Waals surface area (Å²) >= 11 is 0. The standard InChI is InChI=1S/C38H27N3/c1-3-11-27(12-4-1)39-24-23-26-25-29(19-21-33(26)39)40-35-18-10-8-16-32(35)37-36(40)22-20-31-30-15-7-9-17-34(30)41(38(31)37)28-13-5-2-6-14-28/h1-16,18-25,34H,17H2. The molecule has 2 aromatic heterocycles. The van der Waals surface area contributed by atoms with Crippen molar-refractivity contribution in [2.45, 2.75) is 12.5 Å². The third-order valence-electron chi connectivity index (χ3n) is 8.81. The second-order valence-electron chi connectivity index (χ2n) is 11.0. The summed E-state index contributed by atoms with van der Waals surface area (Å²) in [4.78, 5) is 2.58. The van der Waals surface area contributed by atoms with Crippen molar-refractivity contribution < 1.29 is 0 Å². The molecule has 0 amide bonds. The Hall–Kier alpha value is -5.28. The van der Waals surface area contributed by atoms with E-state index < -0.39 is 0 Å². The van der Waals surface area contributed by atoms with E-state index in [0.717, 1.165) is 6.42 Å². The summed E-state index contributed by atoms with van der Waals surface area (Å²) in [5.41, 5.74) is 11.3. The Labute approximate surface area is 238 Å². The summed E-state index contributed by atoms with van der Waals surface area (Å²) < 4.78 is 4.71. The molecule has 3 heteroatoms. The third kappa shape index (κ3) is 3.20. The first-order chi connectivity index (χ1) is 20.4. The quantitative estimate of drug-likeness (QED) is 0.224. The number of rotatable bonds is 3. The van der Waals surface area contributed by atoms with Crippen LogP contribution < -0.4 is 4.90 Å². The topological polar surface area (TPSA) is 13.1 Å². The Balaban J connectivity index is 1.32. The first kappa shape index (κ1) is 22.5. The number of aromatic nitrogens is 2. The van der Waals surface area contributed by atoms with Crippen LogP contribution in [0.1, 0.15) is 12.0 Å². The number of hydrogen-bond donors (Lipinski definition) is 0. The van der Waals surface area contributed by atoms with Gasteiger partial charge in [-0.25, -0.2) is 0 Å². The molecule has 0 N–H and O–H groups in total. The maximum Gasteiger partial charge on any atom is 0.0633 e. The second kappa shape index (κ2) is 8.61. The molecule has 9 rings (SSSR count). The van der Waals surface area contributed by atoms with E-state index in [-0.39, 0.29) is 0 Å². The molecule has 0 fully saturated rings. The lowest BCUT2D eigenvalue weighted by molar-refractivity contribution is 0.831. The van der Waals surface area contributed by atoms with Crippen LogP contribution in [0.3, 0.4) is 0 Å². The molecule has 0 radical (unpaired) electrons. The number of allylic oxidation sites excluding steroid dienone is 2. The van der Waals surface area contributed by atoms with Crippen LogP contribution >= 0.6 is 0 Å². The summed E-state index contributed by atoms with van der Waals surface area (Å²) in [6.45, 7) is 0. The van der Waals surface area contributed by atoms with Crippen LogP contribution in [0.2, 0.25) is 0 Å². The molecule has 1 atom stereocenters. The summed E-state index contributed by atoms with van der Waals surface area (Å²) in [5.74, 6) is 0. The van der Waals surface area contributed by atoms with Gasteiger partial charge >= 0.3 is 0 Å². The van der Waals surface area contributed by atoms with Crippen molar-refractivity contribution in [2.75, 3.05) is 4.90 Å². The van der Waals surface area contributed by atoms with Crippen molar-refractivity contribution in [1.82, 2.24) is 9.13 Å². The van der Waals surface area contributed by atoms with Crippen LogP contribution in [0, 0.1) is 0 Å². The molecule has 0 spiro atoms. The van der Waals surface area contributed by atoms with Gasteiger partial charge in [-0.2, -0.15) is 0 Å². The number of para-hydroxylation sites is 3. The van der Waals surface area contributed by atoms with Crippen molar-refractivity contribution in [3.63, 3.8) is 0 Å². The predicted molar refractivity (Wildman–Crippen MR) is 172 cm³/mol. The maximum atomic E-state index is 2.58. The van der Waals surface area contributed by atoms with Gasteiger partial charge in [-0.05, 0) is 72.7 Å². The fraction of sp³-hybridized carbons (Fsp3) is 0.0526. The molecule has 3 nitrogen and oxygen atoms in total. The molecule has 0 saturated carbocycles. The molecule has 0 saturated heterocycles. The van der Waals surface area contributed by atoms with Gasteiger partial charge in [0.05, 0.1) is 28.3 Å². The summed E-state index contributed by atoms with van der Waals surface area (Å²) in [6.07, 6.45) is 10.0. The average Bonchev–Trinajstić information content (AvgIpc) is 3.71. The van der Waals surface area contributed by atoms with Crippen LogP contribution in [-0.2, 0) is 0 Å². The molecule has 7 aromatic rings. The third-order valence-corrected chi connectivity index (χ3v) is 8.81. The Bertz CT molecular complexity index is 2180. The monoisotopic (exact) mass is 525 g/mol. The van der Waals surface area contributed by atoms with E-state index in [1.807, 2.05) is 0 Å². The van der Waals surface area contributed by atoms with E-state index in [1.165, 1.54) is 66.6 Å². The lowest BCUT2D eigenvalue weighted by atomic mass is 9.95. The van der Waals surface area contributed by atoms with Gasteiger partial charge in [0.1, 0.15) is 0 Å². The van der Waals surface area contributed by atoms with Gasteiger partial charge in [0, 0.05) is 45.0 Å². The lowest BCUT2D eigenvalue weighted by Gasteiger charge is -2.29. The van der Waals surface area contributed by atoms with E-state index >= 15 is 0 Å². The average molecular weight is 526 g/mol. The molecule has 1 unspecified atom stereocenters. The number of anilines is 2. The number of fused-ring (bicyclic) bond motifs is 8. The Morgan fingerprint density at radius 3 is 2.22 bits per heavy atom. The van der Waals surface area contributed by atoms with E-state index in [4.69, 9.17) is 0 Å². The van der Waals surface area contributed by atoms with Crippen LogP contribution in [-0.4, -0.2) is 15.2 Å². The highest BCUT2D eigenvalue weighted by atomic mass is 15.2. The molecular weight excluding hydrogens is 498 g/mol. The molecule has 0 bridgehead atoms. The van der Waals surface area contributed by atoms with Crippen molar-refractivity contribution in [2.24, 2.45) is 0 Å². The molecule has 41 heavy (non-hydrogen) atoms. The normalized spacial score (nSPS) is 16.0. The minimum Gasteiger partial charge on any atom is -0.332 e. The zero-order chi connectivity index (χ0) is 26.9. The Kier molecular flexibility index (Phi) is 4.73. The van der Waals surface area contributed by atoms with Gasteiger partial charge in [0.2, 0.25) is 0 Å².